The second-order valence-corrected chi connectivity index (χ2v) is 5.44. The molecule has 0 aromatic heterocycles. The Balaban J connectivity index is 2.33. The molecule has 3 heteroatoms. The molecule has 108 valence electrons. The first-order valence-corrected chi connectivity index (χ1v) is 7.19. The Bertz CT molecular complexity index is 488. The van der Waals surface area contributed by atoms with Crippen LogP contribution in [0.15, 0.2) is 41.5 Å². The molecular formula is C17H22O3. The fraction of sp³-hybridized carbons (Fsp3) is 0.471. The normalized spacial score (nSPS) is 18.7. The molecule has 0 amide bonds. The van der Waals surface area contributed by atoms with E-state index in [-0.39, 0.29) is 12.1 Å². The highest BCUT2D eigenvalue weighted by molar-refractivity contribution is 5.91. The van der Waals surface area contributed by atoms with Gasteiger partial charge in [-0.3, -0.25) is 0 Å². The molecule has 1 aromatic rings. The van der Waals surface area contributed by atoms with E-state index in [4.69, 9.17) is 9.47 Å². The summed E-state index contributed by atoms with van der Waals surface area (Å²) in [4.78, 5) is 12.3. The summed E-state index contributed by atoms with van der Waals surface area (Å²) in [6.07, 6.45) is 0.585. The fourth-order valence-electron chi connectivity index (χ4n) is 2.54. The zero-order valence-electron chi connectivity index (χ0n) is 12.4. The van der Waals surface area contributed by atoms with E-state index in [0.29, 0.717) is 24.7 Å². The van der Waals surface area contributed by atoms with Crippen LogP contribution in [-0.2, 0) is 14.3 Å². The minimum Gasteiger partial charge on any atom is -0.463 e. The second-order valence-electron chi connectivity index (χ2n) is 5.44. The average Bonchev–Trinajstić information content (AvgIpc) is 2.83. The Hall–Kier alpha value is -1.61. The number of carbonyl (C=O) groups is 1. The Morgan fingerprint density at radius 3 is 2.65 bits per heavy atom. The van der Waals surface area contributed by atoms with Gasteiger partial charge in [0.25, 0.3) is 0 Å². The molecule has 0 bridgehead atoms. The summed E-state index contributed by atoms with van der Waals surface area (Å²) in [6.45, 7) is 7.02. The lowest BCUT2D eigenvalue weighted by molar-refractivity contribution is -0.139. The minimum atomic E-state index is -0.288. The number of rotatable bonds is 5. The first-order chi connectivity index (χ1) is 9.63. The summed E-state index contributed by atoms with van der Waals surface area (Å²) in [7, 11) is 0. The van der Waals surface area contributed by atoms with Gasteiger partial charge in [0.1, 0.15) is 6.10 Å². The highest BCUT2D eigenvalue weighted by atomic mass is 16.5. The van der Waals surface area contributed by atoms with Crippen molar-refractivity contribution in [3.8, 4) is 0 Å². The van der Waals surface area contributed by atoms with Gasteiger partial charge in [-0.2, -0.15) is 0 Å². The van der Waals surface area contributed by atoms with Gasteiger partial charge in [-0.1, -0.05) is 44.2 Å². The van der Waals surface area contributed by atoms with Crippen molar-refractivity contribution in [3.63, 3.8) is 0 Å². The van der Waals surface area contributed by atoms with E-state index in [1.165, 1.54) is 0 Å². The molecule has 3 nitrogen and oxygen atoms in total. The molecular weight excluding hydrogens is 252 g/mol. The van der Waals surface area contributed by atoms with E-state index in [2.05, 4.69) is 13.8 Å². The zero-order chi connectivity index (χ0) is 14.5. The fourth-order valence-corrected chi connectivity index (χ4v) is 2.54. The molecule has 1 heterocycles. The van der Waals surface area contributed by atoms with Gasteiger partial charge in [0, 0.05) is 0 Å². The monoisotopic (exact) mass is 274 g/mol. The Morgan fingerprint density at radius 2 is 2.05 bits per heavy atom. The second kappa shape index (κ2) is 6.71. The third kappa shape index (κ3) is 3.28. The lowest BCUT2D eigenvalue weighted by Gasteiger charge is -2.14. The van der Waals surface area contributed by atoms with Crippen LogP contribution >= 0.6 is 0 Å². The van der Waals surface area contributed by atoms with Gasteiger partial charge in [-0.05, 0) is 30.4 Å². The SMILES string of the molecule is CCOC(=O)C1=C(CC(C)C)COC1c1ccccc1. The number of ether oxygens (including phenoxy) is 2. The van der Waals surface area contributed by atoms with Crippen molar-refractivity contribution in [2.45, 2.75) is 33.3 Å². The molecule has 0 aliphatic carbocycles. The largest absolute Gasteiger partial charge is 0.463 e. The molecule has 0 radical (unpaired) electrons. The quantitative estimate of drug-likeness (QED) is 0.769. The highest BCUT2D eigenvalue weighted by Gasteiger charge is 2.33. The van der Waals surface area contributed by atoms with Crippen molar-refractivity contribution in [2.75, 3.05) is 13.2 Å². The van der Waals surface area contributed by atoms with E-state index in [0.717, 1.165) is 17.6 Å². The highest BCUT2D eigenvalue weighted by Crippen LogP contribution is 2.37. The van der Waals surface area contributed by atoms with Crippen LogP contribution < -0.4 is 0 Å². The van der Waals surface area contributed by atoms with Gasteiger partial charge in [-0.25, -0.2) is 4.79 Å². The maximum absolute atomic E-state index is 12.3. The van der Waals surface area contributed by atoms with Gasteiger partial charge in [0.05, 0.1) is 18.8 Å². The predicted octanol–water partition coefficient (Wildman–Crippen LogP) is 3.66. The maximum Gasteiger partial charge on any atom is 0.337 e. The van der Waals surface area contributed by atoms with Crippen molar-refractivity contribution in [1.82, 2.24) is 0 Å². The summed E-state index contributed by atoms with van der Waals surface area (Å²) in [5.41, 5.74) is 2.79. The van der Waals surface area contributed by atoms with Gasteiger partial charge in [0.15, 0.2) is 0 Å². The van der Waals surface area contributed by atoms with Crippen LogP contribution in [-0.4, -0.2) is 19.2 Å². The molecule has 1 aliphatic heterocycles. The summed E-state index contributed by atoms with van der Waals surface area (Å²) < 4.78 is 11.1. The number of esters is 1. The van der Waals surface area contributed by atoms with Gasteiger partial charge in [0.2, 0.25) is 0 Å². The van der Waals surface area contributed by atoms with E-state index in [1.54, 1.807) is 0 Å². The molecule has 0 spiro atoms. The molecule has 0 N–H and O–H groups in total. The summed E-state index contributed by atoms with van der Waals surface area (Å²) in [5.74, 6) is 0.252. The number of hydrogen-bond acceptors (Lipinski definition) is 3. The van der Waals surface area contributed by atoms with Crippen LogP contribution in [0.1, 0.15) is 38.9 Å². The number of benzene rings is 1. The average molecular weight is 274 g/mol. The van der Waals surface area contributed by atoms with Crippen molar-refractivity contribution in [2.24, 2.45) is 5.92 Å². The third-order valence-electron chi connectivity index (χ3n) is 3.32. The number of hydrogen-bond donors (Lipinski definition) is 0. The van der Waals surface area contributed by atoms with E-state index < -0.39 is 0 Å². The Kier molecular flexibility index (Phi) is 4.96. The zero-order valence-corrected chi connectivity index (χ0v) is 12.4. The van der Waals surface area contributed by atoms with Gasteiger partial charge < -0.3 is 9.47 Å². The van der Waals surface area contributed by atoms with Crippen LogP contribution in [0.4, 0.5) is 0 Å². The summed E-state index contributed by atoms with van der Waals surface area (Å²) in [5, 5.41) is 0. The molecule has 2 rings (SSSR count). The molecule has 1 unspecified atom stereocenters. The number of carbonyl (C=O) groups excluding carboxylic acids is 1. The summed E-state index contributed by atoms with van der Waals surface area (Å²) in [6, 6.07) is 9.86. The summed E-state index contributed by atoms with van der Waals surface area (Å²) >= 11 is 0. The molecule has 1 aromatic carbocycles. The van der Waals surface area contributed by atoms with Crippen molar-refractivity contribution >= 4 is 5.97 Å². The van der Waals surface area contributed by atoms with Crippen molar-refractivity contribution < 1.29 is 14.3 Å². The molecule has 1 aliphatic rings. The van der Waals surface area contributed by atoms with Gasteiger partial charge in [-0.15, -0.1) is 0 Å². The van der Waals surface area contributed by atoms with Crippen LogP contribution in [0, 0.1) is 5.92 Å². The third-order valence-corrected chi connectivity index (χ3v) is 3.32. The van der Waals surface area contributed by atoms with Crippen molar-refractivity contribution in [3.05, 3.63) is 47.0 Å². The van der Waals surface area contributed by atoms with Crippen molar-refractivity contribution in [1.29, 1.82) is 0 Å². The first-order valence-electron chi connectivity index (χ1n) is 7.19. The van der Waals surface area contributed by atoms with Gasteiger partial charge >= 0.3 is 5.97 Å². The van der Waals surface area contributed by atoms with Crippen LogP contribution in [0.25, 0.3) is 0 Å². The minimum absolute atomic E-state index is 0.241. The van der Waals surface area contributed by atoms with Crippen LogP contribution in [0.2, 0.25) is 0 Å². The molecule has 0 saturated heterocycles. The van der Waals surface area contributed by atoms with Crippen LogP contribution in [0.3, 0.4) is 0 Å². The molecule has 1 atom stereocenters. The Labute approximate surface area is 120 Å². The molecule has 0 saturated carbocycles. The van der Waals surface area contributed by atoms with E-state index >= 15 is 0 Å². The first kappa shape index (κ1) is 14.8. The standard InChI is InChI=1S/C17H22O3/c1-4-19-17(18)15-14(10-12(2)3)11-20-16(15)13-8-6-5-7-9-13/h5-9,12,16H,4,10-11H2,1-3H3. The Morgan fingerprint density at radius 1 is 1.35 bits per heavy atom. The predicted molar refractivity (Wildman–Crippen MR) is 78.2 cm³/mol. The lowest BCUT2D eigenvalue weighted by Crippen LogP contribution is -2.14. The topological polar surface area (TPSA) is 35.5 Å². The lowest BCUT2D eigenvalue weighted by atomic mass is 9.94. The molecule has 0 fully saturated rings. The van der Waals surface area contributed by atoms with E-state index in [1.807, 2.05) is 37.3 Å². The maximum atomic E-state index is 12.3. The van der Waals surface area contributed by atoms with Crippen LogP contribution in [0.5, 0.6) is 0 Å². The smallest absolute Gasteiger partial charge is 0.337 e. The van der Waals surface area contributed by atoms with E-state index in [9.17, 15) is 4.79 Å². The molecule has 20 heavy (non-hydrogen) atoms.